The molecule has 1 heterocycles. The van der Waals surface area contributed by atoms with E-state index in [-0.39, 0.29) is 11.8 Å². The zero-order chi connectivity index (χ0) is 18.3. The van der Waals surface area contributed by atoms with E-state index in [4.69, 9.17) is 0 Å². The smallest absolute Gasteiger partial charge is 0.259 e. The summed E-state index contributed by atoms with van der Waals surface area (Å²) in [6.07, 6.45) is 5.95. The Morgan fingerprint density at radius 2 is 1.88 bits per heavy atom. The van der Waals surface area contributed by atoms with Crippen molar-refractivity contribution in [3.63, 3.8) is 0 Å². The largest absolute Gasteiger partial charge is 0.375 e. The van der Waals surface area contributed by atoms with Crippen molar-refractivity contribution in [3.8, 4) is 0 Å². The number of aryl methyl sites for hydroxylation is 1. The van der Waals surface area contributed by atoms with E-state index < -0.39 is 5.60 Å². The summed E-state index contributed by atoms with van der Waals surface area (Å²) in [6.45, 7) is 8.13. The third-order valence-corrected chi connectivity index (χ3v) is 6.74. The number of carbonyl (C=O) groups excluding carboxylic acids is 1. The van der Waals surface area contributed by atoms with Gasteiger partial charge in [0.2, 0.25) is 0 Å². The van der Waals surface area contributed by atoms with E-state index in [9.17, 15) is 9.90 Å². The molecular formula is C22H30N2O2. The number of nitrogens with zero attached hydrogens (tertiary/aromatic N) is 1. The highest BCUT2D eigenvalue weighted by atomic mass is 16.3. The Morgan fingerprint density at radius 1 is 1.27 bits per heavy atom. The highest BCUT2D eigenvalue weighted by Gasteiger charge is 2.59. The van der Waals surface area contributed by atoms with Gasteiger partial charge in [-0.1, -0.05) is 48.7 Å². The van der Waals surface area contributed by atoms with E-state index in [1.807, 2.05) is 42.2 Å². The van der Waals surface area contributed by atoms with Gasteiger partial charge in [0, 0.05) is 31.6 Å². The molecule has 0 aromatic heterocycles. The minimum atomic E-state index is -1.37. The Balaban J connectivity index is 1.53. The fraction of sp³-hybridized carbons (Fsp3) is 0.591. The molecule has 3 unspecified atom stereocenters. The van der Waals surface area contributed by atoms with Gasteiger partial charge in [-0.15, -0.1) is 6.58 Å². The van der Waals surface area contributed by atoms with E-state index in [1.165, 1.54) is 0 Å². The first kappa shape index (κ1) is 17.7. The lowest BCUT2D eigenvalue weighted by Gasteiger charge is -2.37. The van der Waals surface area contributed by atoms with Crippen LogP contribution < -0.4 is 5.32 Å². The Hall–Kier alpha value is -1.65. The van der Waals surface area contributed by atoms with Crippen molar-refractivity contribution in [2.45, 2.75) is 44.2 Å². The van der Waals surface area contributed by atoms with Crippen LogP contribution in [0.2, 0.25) is 0 Å². The predicted molar refractivity (Wildman–Crippen MR) is 103 cm³/mol. The molecule has 140 valence electrons. The van der Waals surface area contributed by atoms with Crippen molar-refractivity contribution in [3.05, 3.63) is 48.0 Å². The molecule has 3 fully saturated rings. The molecule has 4 heteroatoms. The average molecular weight is 354 g/mol. The second-order valence-corrected chi connectivity index (χ2v) is 8.37. The summed E-state index contributed by atoms with van der Waals surface area (Å²) in [6, 6.07) is 8.39. The van der Waals surface area contributed by atoms with E-state index in [0.717, 1.165) is 56.4 Å². The summed E-state index contributed by atoms with van der Waals surface area (Å²) in [5.74, 6) is 1.02. The van der Waals surface area contributed by atoms with Crippen molar-refractivity contribution in [2.24, 2.45) is 17.8 Å². The molecule has 1 amide bonds. The van der Waals surface area contributed by atoms with Crippen LogP contribution in [-0.2, 0) is 10.4 Å². The molecule has 2 N–H and O–H groups in total. The number of hydrogen-bond donors (Lipinski definition) is 2. The van der Waals surface area contributed by atoms with Crippen LogP contribution in [0.3, 0.4) is 0 Å². The minimum absolute atomic E-state index is 0.0318. The van der Waals surface area contributed by atoms with E-state index in [0.29, 0.717) is 17.9 Å². The molecule has 1 aliphatic heterocycles. The molecule has 26 heavy (non-hydrogen) atoms. The number of benzene rings is 1. The summed E-state index contributed by atoms with van der Waals surface area (Å²) in [5, 5.41) is 15.2. The second-order valence-electron chi connectivity index (χ2n) is 8.37. The van der Waals surface area contributed by atoms with Gasteiger partial charge >= 0.3 is 0 Å². The Morgan fingerprint density at radius 3 is 2.46 bits per heavy atom. The summed E-state index contributed by atoms with van der Waals surface area (Å²) < 4.78 is 0. The number of nitrogens with one attached hydrogen (secondary N) is 1. The fourth-order valence-corrected chi connectivity index (χ4v) is 5.14. The number of carbonyl (C=O) groups is 1. The van der Waals surface area contributed by atoms with Gasteiger partial charge in [-0.05, 0) is 37.2 Å². The minimum Gasteiger partial charge on any atom is -0.375 e. The maximum atomic E-state index is 13.5. The molecule has 1 saturated heterocycles. The molecule has 1 aromatic carbocycles. The Bertz CT molecular complexity index is 668. The van der Waals surface area contributed by atoms with Crippen LogP contribution in [0.4, 0.5) is 0 Å². The summed E-state index contributed by atoms with van der Waals surface area (Å²) >= 11 is 0. The SMILES string of the molecule is C=CCNC1C2CN(C(=O)C(O)(c3ccc(C)cc3)C3CCCC3)CC21. The molecule has 3 atom stereocenters. The number of fused-ring (bicyclic) bond motifs is 1. The fourth-order valence-electron chi connectivity index (χ4n) is 5.14. The van der Waals surface area contributed by atoms with Crippen LogP contribution in [0, 0.1) is 24.7 Å². The number of likely N-dealkylation sites (tertiary alicyclic amines) is 1. The van der Waals surface area contributed by atoms with Crippen LogP contribution in [0.25, 0.3) is 0 Å². The van der Waals surface area contributed by atoms with Gasteiger partial charge in [-0.25, -0.2) is 0 Å². The van der Waals surface area contributed by atoms with Gasteiger partial charge in [0.25, 0.3) is 5.91 Å². The predicted octanol–water partition coefficient (Wildman–Crippen LogP) is 2.61. The van der Waals surface area contributed by atoms with Crippen molar-refractivity contribution < 1.29 is 9.90 Å². The number of amides is 1. The topological polar surface area (TPSA) is 52.6 Å². The number of piperidine rings is 1. The van der Waals surface area contributed by atoms with Crippen molar-refractivity contribution in [1.82, 2.24) is 10.2 Å². The highest BCUT2D eigenvalue weighted by Crippen LogP contribution is 2.48. The molecule has 0 radical (unpaired) electrons. The highest BCUT2D eigenvalue weighted by molar-refractivity contribution is 5.87. The average Bonchev–Trinajstić information content (AvgIpc) is 3.09. The third kappa shape index (κ3) is 2.89. The van der Waals surface area contributed by atoms with Gasteiger partial charge in [0.05, 0.1) is 0 Å². The molecule has 2 aliphatic carbocycles. The quantitative estimate of drug-likeness (QED) is 0.772. The number of hydrogen-bond acceptors (Lipinski definition) is 3. The van der Waals surface area contributed by atoms with Crippen molar-refractivity contribution in [2.75, 3.05) is 19.6 Å². The van der Waals surface area contributed by atoms with Crippen molar-refractivity contribution in [1.29, 1.82) is 0 Å². The number of rotatable bonds is 6. The molecule has 2 saturated carbocycles. The van der Waals surface area contributed by atoms with Gasteiger partial charge < -0.3 is 15.3 Å². The monoisotopic (exact) mass is 354 g/mol. The third-order valence-electron chi connectivity index (χ3n) is 6.74. The van der Waals surface area contributed by atoms with E-state index in [2.05, 4.69) is 11.9 Å². The molecular weight excluding hydrogens is 324 g/mol. The van der Waals surface area contributed by atoms with Crippen LogP contribution in [-0.4, -0.2) is 41.6 Å². The molecule has 4 nitrogen and oxygen atoms in total. The zero-order valence-corrected chi connectivity index (χ0v) is 15.7. The lowest BCUT2D eigenvalue weighted by atomic mass is 9.78. The van der Waals surface area contributed by atoms with Crippen LogP contribution in [0.5, 0.6) is 0 Å². The molecule has 3 aliphatic rings. The summed E-state index contributed by atoms with van der Waals surface area (Å²) in [7, 11) is 0. The number of aliphatic hydroxyl groups is 1. The van der Waals surface area contributed by atoms with Gasteiger partial charge in [-0.2, -0.15) is 0 Å². The van der Waals surface area contributed by atoms with Crippen LogP contribution in [0.1, 0.15) is 36.8 Å². The maximum Gasteiger partial charge on any atom is 0.259 e. The van der Waals surface area contributed by atoms with Crippen LogP contribution >= 0.6 is 0 Å². The van der Waals surface area contributed by atoms with Crippen molar-refractivity contribution >= 4 is 5.91 Å². The molecule has 0 spiro atoms. The zero-order valence-electron chi connectivity index (χ0n) is 15.7. The summed E-state index contributed by atoms with van der Waals surface area (Å²) in [4.78, 5) is 15.4. The second kappa shape index (κ2) is 6.82. The first-order valence-electron chi connectivity index (χ1n) is 9.99. The normalized spacial score (nSPS) is 30.1. The first-order chi connectivity index (χ1) is 12.6. The first-order valence-corrected chi connectivity index (χ1v) is 9.99. The maximum absolute atomic E-state index is 13.5. The standard InChI is InChI=1S/C22H30N2O2/c1-3-12-23-20-18-13-24(14-19(18)20)21(25)22(26,16-6-4-5-7-16)17-10-8-15(2)9-11-17/h3,8-11,16,18-20,23,26H,1,4-7,12-14H2,2H3. The van der Waals surface area contributed by atoms with Gasteiger partial charge in [0.1, 0.15) is 0 Å². The molecule has 0 bridgehead atoms. The Labute approximate surface area is 156 Å². The molecule has 4 rings (SSSR count). The lowest BCUT2D eigenvalue weighted by molar-refractivity contribution is -0.158. The lowest BCUT2D eigenvalue weighted by Crippen LogP contribution is -2.51. The Kier molecular flexibility index (Phi) is 4.66. The summed E-state index contributed by atoms with van der Waals surface area (Å²) in [5.41, 5.74) is 0.542. The van der Waals surface area contributed by atoms with Gasteiger partial charge in [-0.3, -0.25) is 4.79 Å². The van der Waals surface area contributed by atoms with Crippen LogP contribution in [0.15, 0.2) is 36.9 Å². The molecule has 1 aromatic rings. The van der Waals surface area contributed by atoms with E-state index >= 15 is 0 Å². The van der Waals surface area contributed by atoms with Gasteiger partial charge in [0.15, 0.2) is 5.60 Å². The van der Waals surface area contributed by atoms with E-state index in [1.54, 1.807) is 0 Å².